The van der Waals surface area contributed by atoms with Crippen molar-refractivity contribution in [2.75, 3.05) is 44.9 Å². The van der Waals surface area contributed by atoms with Crippen LogP contribution in [0, 0.1) is 0 Å². The number of anilines is 1. The second kappa shape index (κ2) is 8.07. The van der Waals surface area contributed by atoms with Crippen molar-refractivity contribution in [2.45, 2.75) is 25.8 Å². The number of nitrogens with one attached hydrogen (secondary N) is 1. The Labute approximate surface area is 121 Å². The average Bonchev–Trinajstić information content (AvgIpc) is 2.97. The molecule has 1 saturated heterocycles. The van der Waals surface area contributed by atoms with E-state index < -0.39 is 0 Å². The van der Waals surface area contributed by atoms with Crippen LogP contribution in [0.3, 0.4) is 0 Å². The van der Waals surface area contributed by atoms with Crippen molar-refractivity contribution in [3.05, 3.63) is 18.3 Å². The Morgan fingerprint density at radius 3 is 3.10 bits per heavy atom. The van der Waals surface area contributed by atoms with Crippen molar-refractivity contribution in [1.29, 1.82) is 0 Å². The zero-order valence-corrected chi connectivity index (χ0v) is 12.5. The van der Waals surface area contributed by atoms with Gasteiger partial charge in [-0.3, -0.25) is 0 Å². The molecule has 0 radical (unpaired) electrons. The lowest BCUT2D eigenvalue weighted by Crippen LogP contribution is -2.39. The van der Waals surface area contributed by atoms with Gasteiger partial charge in [-0.05, 0) is 38.4 Å². The van der Waals surface area contributed by atoms with Gasteiger partial charge in [-0.1, -0.05) is 0 Å². The van der Waals surface area contributed by atoms with Crippen molar-refractivity contribution in [3.63, 3.8) is 0 Å². The minimum Gasteiger partial charge on any atom is -0.490 e. The Kier molecular flexibility index (Phi) is 6.08. The lowest BCUT2D eigenvalue weighted by Gasteiger charge is -2.28. The summed E-state index contributed by atoms with van der Waals surface area (Å²) in [7, 11) is 1.73. The summed E-state index contributed by atoms with van der Waals surface area (Å²) in [5, 5.41) is 3.53. The van der Waals surface area contributed by atoms with E-state index in [1.807, 2.05) is 25.3 Å². The maximum Gasteiger partial charge on any atom is 0.171 e. The van der Waals surface area contributed by atoms with Gasteiger partial charge in [-0.25, -0.2) is 4.98 Å². The molecular formula is C15H25N3O2. The first-order chi connectivity index (χ1) is 9.85. The highest BCUT2D eigenvalue weighted by Gasteiger charge is 2.20. The summed E-state index contributed by atoms with van der Waals surface area (Å²) in [5.41, 5.74) is 0. The first-order valence-corrected chi connectivity index (χ1v) is 7.40. The monoisotopic (exact) mass is 279 g/mol. The van der Waals surface area contributed by atoms with E-state index in [9.17, 15) is 0 Å². The Balaban J connectivity index is 2.11. The summed E-state index contributed by atoms with van der Waals surface area (Å²) in [5.74, 6) is 1.77. The summed E-state index contributed by atoms with van der Waals surface area (Å²) >= 11 is 0. The van der Waals surface area contributed by atoms with Crippen LogP contribution in [0.4, 0.5) is 5.82 Å². The number of nitrogens with zero attached hydrogens (tertiary/aromatic N) is 2. The SMILES string of the molecule is CCOc1cccnc1N(CCOC)CC1CCCN1. The van der Waals surface area contributed by atoms with Crippen LogP contribution in [-0.4, -0.2) is 51.0 Å². The lowest BCUT2D eigenvalue weighted by molar-refractivity contribution is 0.204. The Morgan fingerprint density at radius 1 is 1.50 bits per heavy atom. The normalized spacial score (nSPS) is 18.2. The van der Waals surface area contributed by atoms with Crippen LogP contribution >= 0.6 is 0 Å². The standard InChI is InChI=1S/C15H25N3O2/c1-3-20-14-7-5-9-17-15(14)18(10-11-19-2)12-13-6-4-8-16-13/h5,7,9,13,16H,3-4,6,8,10-12H2,1-2H3. The molecule has 1 fully saturated rings. The number of pyridine rings is 1. The first kappa shape index (κ1) is 15.1. The molecule has 20 heavy (non-hydrogen) atoms. The van der Waals surface area contributed by atoms with E-state index in [0.717, 1.165) is 31.2 Å². The van der Waals surface area contributed by atoms with E-state index in [1.54, 1.807) is 7.11 Å². The van der Waals surface area contributed by atoms with Gasteiger partial charge in [0.05, 0.1) is 13.2 Å². The molecular weight excluding hydrogens is 254 g/mol. The molecule has 1 unspecified atom stereocenters. The minimum absolute atomic E-state index is 0.531. The molecule has 0 saturated carbocycles. The molecule has 1 N–H and O–H groups in total. The van der Waals surface area contributed by atoms with Gasteiger partial charge in [-0.2, -0.15) is 0 Å². The van der Waals surface area contributed by atoms with Crippen molar-refractivity contribution < 1.29 is 9.47 Å². The first-order valence-electron chi connectivity index (χ1n) is 7.40. The van der Waals surface area contributed by atoms with E-state index in [1.165, 1.54) is 12.8 Å². The van der Waals surface area contributed by atoms with E-state index >= 15 is 0 Å². The average molecular weight is 279 g/mol. The van der Waals surface area contributed by atoms with Crippen LogP contribution < -0.4 is 15.0 Å². The number of hydrogen-bond acceptors (Lipinski definition) is 5. The van der Waals surface area contributed by atoms with Crippen LogP contribution in [0.5, 0.6) is 5.75 Å². The highest BCUT2D eigenvalue weighted by molar-refractivity contribution is 5.52. The number of hydrogen-bond donors (Lipinski definition) is 1. The third-order valence-electron chi connectivity index (χ3n) is 3.52. The van der Waals surface area contributed by atoms with Gasteiger partial charge in [0, 0.05) is 32.4 Å². The second-order valence-electron chi connectivity index (χ2n) is 4.99. The predicted molar refractivity (Wildman–Crippen MR) is 80.5 cm³/mol. The second-order valence-corrected chi connectivity index (χ2v) is 4.99. The highest BCUT2D eigenvalue weighted by Crippen LogP contribution is 2.26. The van der Waals surface area contributed by atoms with Gasteiger partial charge in [-0.15, -0.1) is 0 Å². The Bertz CT molecular complexity index is 394. The lowest BCUT2D eigenvalue weighted by atomic mass is 10.2. The van der Waals surface area contributed by atoms with Gasteiger partial charge in [0.15, 0.2) is 11.6 Å². The molecule has 0 bridgehead atoms. The van der Waals surface area contributed by atoms with Gasteiger partial charge >= 0.3 is 0 Å². The largest absolute Gasteiger partial charge is 0.490 e. The number of ether oxygens (including phenoxy) is 2. The number of methoxy groups -OCH3 is 1. The van der Waals surface area contributed by atoms with Gasteiger partial charge in [0.25, 0.3) is 0 Å². The van der Waals surface area contributed by atoms with E-state index in [-0.39, 0.29) is 0 Å². The summed E-state index contributed by atoms with van der Waals surface area (Å²) < 4.78 is 10.9. The molecule has 1 atom stereocenters. The molecule has 112 valence electrons. The molecule has 1 aromatic rings. The maximum absolute atomic E-state index is 5.70. The van der Waals surface area contributed by atoms with Crippen LogP contribution in [0.1, 0.15) is 19.8 Å². The van der Waals surface area contributed by atoms with Crippen LogP contribution in [0.25, 0.3) is 0 Å². The molecule has 0 aliphatic carbocycles. The third kappa shape index (κ3) is 4.08. The van der Waals surface area contributed by atoms with Crippen molar-refractivity contribution in [2.24, 2.45) is 0 Å². The smallest absolute Gasteiger partial charge is 0.171 e. The summed E-state index contributed by atoms with van der Waals surface area (Å²) in [6, 6.07) is 4.42. The topological polar surface area (TPSA) is 46.6 Å². The van der Waals surface area contributed by atoms with E-state index in [4.69, 9.17) is 9.47 Å². The maximum atomic E-state index is 5.70. The zero-order valence-electron chi connectivity index (χ0n) is 12.5. The summed E-state index contributed by atoms with van der Waals surface area (Å²) in [4.78, 5) is 6.77. The van der Waals surface area contributed by atoms with Crippen LogP contribution in [0.2, 0.25) is 0 Å². The molecule has 1 aliphatic heterocycles. The van der Waals surface area contributed by atoms with E-state index in [2.05, 4.69) is 15.2 Å². The Hall–Kier alpha value is -1.33. The molecule has 0 aromatic carbocycles. The van der Waals surface area contributed by atoms with E-state index in [0.29, 0.717) is 19.3 Å². The molecule has 5 heteroatoms. The molecule has 0 spiro atoms. The van der Waals surface area contributed by atoms with Crippen LogP contribution in [-0.2, 0) is 4.74 Å². The van der Waals surface area contributed by atoms with Crippen molar-refractivity contribution >= 4 is 5.82 Å². The number of aromatic nitrogens is 1. The van der Waals surface area contributed by atoms with Gasteiger partial charge < -0.3 is 19.7 Å². The van der Waals surface area contributed by atoms with Crippen molar-refractivity contribution in [3.8, 4) is 5.75 Å². The summed E-state index contributed by atoms with van der Waals surface area (Å²) in [6.45, 7) is 6.22. The molecule has 2 heterocycles. The third-order valence-corrected chi connectivity index (χ3v) is 3.52. The zero-order chi connectivity index (χ0) is 14.2. The fourth-order valence-electron chi connectivity index (χ4n) is 2.55. The molecule has 1 aliphatic rings. The fraction of sp³-hybridized carbons (Fsp3) is 0.667. The highest BCUT2D eigenvalue weighted by atomic mass is 16.5. The number of rotatable bonds is 8. The Morgan fingerprint density at radius 2 is 2.40 bits per heavy atom. The molecule has 1 aromatic heterocycles. The molecule has 0 amide bonds. The molecule has 2 rings (SSSR count). The van der Waals surface area contributed by atoms with Gasteiger partial charge in [0.1, 0.15) is 0 Å². The molecule has 5 nitrogen and oxygen atoms in total. The van der Waals surface area contributed by atoms with Crippen LogP contribution in [0.15, 0.2) is 18.3 Å². The minimum atomic E-state index is 0.531. The summed E-state index contributed by atoms with van der Waals surface area (Å²) in [6.07, 6.45) is 4.29. The van der Waals surface area contributed by atoms with Crippen molar-refractivity contribution in [1.82, 2.24) is 10.3 Å². The predicted octanol–water partition coefficient (Wildman–Crippen LogP) is 1.69. The quantitative estimate of drug-likeness (QED) is 0.784. The fourth-order valence-corrected chi connectivity index (χ4v) is 2.55. The van der Waals surface area contributed by atoms with Gasteiger partial charge in [0.2, 0.25) is 0 Å².